The van der Waals surface area contributed by atoms with Gasteiger partial charge in [0.2, 0.25) is 5.91 Å². The van der Waals surface area contributed by atoms with Crippen molar-refractivity contribution < 1.29 is 4.79 Å². The third-order valence-electron chi connectivity index (χ3n) is 5.58. The highest BCUT2D eigenvalue weighted by Gasteiger charge is 2.48. The van der Waals surface area contributed by atoms with E-state index in [0.717, 1.165) is 0 Å². The molecule has 0 bridgehead atoms. The Hall–Kier alpha value is -0.830. The minimum Gasteiger partial charge on any atom is -0.330 e. The van der Waals surface area contributed by atoms with E-state index in [-0.39, 0.29) is 5.91 Å². The fourth-order valence-electron chi connectivity index (χ4n) is 4.71. The van der Waals surface area contributed by atoms with Crippen molar-refractivity contribution in [2.75, 3.05) is 7.05 Å². The van der Waals surface area contributed by atoms with Gasteiger partial charge in [0, 0.05) is 24.2 Å². The van der Waals surface area contributed by atoms with E-state index in [1.54, 1.807) is 0 Å². The number of hydrogen-bond acceptors (Lipinski definition) is 2. The van der Waals surface area contributed by atoms with Gasteiger partial charge in [0.15, 0.2) is 0 Å². The molecule has 0 aromatic rings. The molecule has 4 atom stereocenters. The van der Waals surface area contributed by atoms with Gasteiger partial charge in [-0.25, -0.2) is 0 Å². The number of carbonyl (C=O) groups is 1. The summed E-state index contributed by atoms with van der Waals surface area (Å²) in [5, 5.41) is 0. The van der Waals surface area contributed by atoms with Crippen LogP contribution in [0, 0.1) is 0 Å². The van der Waals surface area contributed by atoms with Gasteiger partial charge in [-0.1, -0.05) is 32.3 Å². The van der Waals surface area contributed by atoms with Crippen LogP contribution in [0.3, 0.4) is 0 Å². The third-order valence-corrected chi connectivity index (χ3v) is 5.58. The first-order valence-corrected chi connectivity index (χ1v) is 7.90. The Morgan fingerprint density at radius 3 is 1.79 bits per heavy atom. The summed E-state index contributed by atoms with van der Waals surface area (Å²) in [5.74, 6) is 0.168. The van der Waals surface area contributed by atoms with Gasteiger partial charge >= 0.3 is 0 Å². The van der Waals surface area contributed by atoms with Crippen LogP contribution in [0.2, 0.25) is 0 Å². The van der Waals surface area contributed by atoms with E-state index >= 15 is 0 Å². The zero-order valence-electron chi connectivity index (χ0n) is 12.1. The van der Waals surface area contributed by atoms with Gasteiger partial charge in [0.1, 0.15) is 0 Å². The summed E-state index contributed by atoms with van der Waals surface area (Å²) in [6.07, 6.45) is 11.6. The number of rotatable bonds is 1. The van der Waals surface area contributed by atoms with Crippen molar-refractivity contribution in [1.29, 1.82) is 0 Å². The number of nitrogens with zero attached hydrogens (tertiary/aromatic N) is 2. The summed E-state index contributed by atoms with van der Waals surface area (Å²) in [5.41, 5.74) is 0. The van der Waals surface area contributed by atoms with Gasteiger partial charge in [0.05, 0.1) is 0 Å². The summed E-state index contributed by atoms with van der Waals surface area (Å²) in [7, 11) is 2.29. The molecule has 3 rings (SSSR count). The maximum Gasteiger partial charge on any atom is 0.246 e. The molecule has 0 aromatic carbocycles. The Labute approximate surface area is 116 Å². The summed E-state index contributed by atoms with van der Waals surface area (Å²) < 4.78 is 0. The number of amides is 1. The van der Waals surface area contributed by atoms with Crippen LogP contribution in [-0.4, -0.2) is 46.9 Å². The van der Waals surface area contributed by atoms with E-state index in [4.69, 9.17) is 0 Å². The minimum atomic E-state index is 0.168. The standard InChI is InChI=1S/C16H26N2O/c1-3-16(19)18-14-10-6-4-8-12(14)17(2)13-9-5-7-11-15(13)18/h3,12-15H,1,4-11H2,2H3. The molecule has 2 saturated carbocycles. The van der Waals surface area contributed by atoms with Gasteiger partial charge in [-0.05, 0) is 38.8 Å². The molecule has 1 aliphatic heterocycles. The molecule has 3 heteroatoms. The molecule has 3 nitrogen and oxygen atoms in total. The molecule has 0 radical (unpaired) electrons. The predicted octanol–water partition coefficient (Wildman–Crippen LogP) is 2.57. The molecule has 1 amide bonds. The summed E-state index contributed by atoms with van der Waals surface area (Å²) in [4.78, 5) is 17.2. The third kappa shape index (κ3) is 2.12. The first-order valence-electron chi connectivity index (χ1n) is 7.90. The minimum absolute atomic E-state index is 0.168. The second-order valence-corrected chi connectivity index (χ2v) is 6.45. The van der Waals surface area contributed by atoms with Crippen LogP contribution in [0.25, 0.3) is 0 Å². The molecule has 0 N–H and O–H groups in total. The molecule has 3 fully saturated rings. The monoisotopic (exact) mass is 262 g/mol. The van der Waals surface area contributed by atoms with Gasteiger partial charge in [-0.2, -0.15) is 0 Å². The fourth-order valence-corrected chi connectivity index (χ4v) is 4.71. The van der Waals surface area contributed by atoms with Crippen molar-refractivity contribution in [3.63, 3.8) is 0 Å². The Balaban J connectivity index is 1.92. The van der Waals surface area contributed by atoms with Crippen LogP contribution in [-0.2, 0) is 4.79 Å². The number of likely N-dealkylation sites (N-methyl/N-ethyl adjacent to an activating group) is 1. The van der Waals surface area contributed by atoms with E-state index in [1.165, 1.54) is 57.4 Å². The molecule has 1 heterocycles. The topological polar surface area (TPSA) is 23.6 Å². The lowest BCUT2D eigenvalue weighted by molar-refractivity contribution is -0.146. The van der Waals surface area contributed by atoms with E-state index < -0.39 is 0 Å². The Morgan fingerprint density at radius 1 is 0.947 bits per heavy atom. The van der Waals surface area contributed by atoms with Crippen molar-refractivity contribution in [3.8, 4) is 0 Å². The number of carbonyl (C=O) groups excluding carboxylic acids is 1. The zero-order valence-corrected chi connectivity index (χ0v) is 12.1. The van der Waals surface area contributed by atoms with E-state index in [1.807, 2.05) is 0 Å². The van der Waals surface area contributed by atoms with E-state index in [2.05, 4.69) is 23.4 Å². The van der Waals surface area contributed by atoms with Crippen molar-refractivity contribution in [2.45, 2.75) is 75.5 Å². The van der Waals surface area contributed by atoms with Crippen LogP contribution in [0.1, 0.15) is 51.4 Å². The molecular weight excluding hydrogens is 236 g/mol. The smallest absolute Gasteiger partial charge is 0.246 e. The molecule has 0 spiro atoms. The van der Waals surface area contributed by atoms with Crippen LogP contribution in [0.5, 0.6) is 0 Å². The average molecular weight is 262 g/mol. The van der Waals surface area contributed by atoms with Crippen LogP contribution in [0.4, 0.5) is 0 Å². The average Bonchev–Trinajstić information content (AvgIpc) is 2.47. The lowest BCUT2D eigenvalue weighted by Gasteiger charge is -2.58. The highest BCUT2D eigenvalue weighted by molar-refractivity contribution is 5.87. The van der Waals surface area contributed by atoms with Crippen molar-refractivity contribution in [2.24, 2.45) is 0 Å². The SMILES string of the molecule is C=CC(=O)N1C2CCCCC2N(C)C2CCCCC21. The van der Waals surface area contributed by atoms with E-state index in [9.17, 15) is 4.79 Å². The van der Waals surface area contributed by atoms with Gasteiger partial charge in [-0.15, -0.1) is 0 Å². The first kappa shape index (κ1) is 13.2. The summed E-state index contributed by atoms with van der Waals surface area (Å²) >= 11 is 0. The quantitative estimate of drug-likeness (QED) is 0.678. The van der Waals surface area contributed by atoms with Gasteiger partial charge in [-0.3, -0.25) is 9.69 Å². The fraction of sp³-hybridized carbons (Fsp3) is 0.812. The summed E-state index contributed by atoms with van der Waals surface area (Å²) in [6, 6.07) is 2.03. The molecule has 106 valence electrons. The maximum absolute atomic E-state index is 12.4. The highest BCUT2D eigenvalue weighted by atomic mass is 16.2. The second-order valence-electron chi connectivity index (χ2n) is 6.45. The lowest BCUT2D eigenvalue weighted by atomic mass is 9.77. The molecule has 2 aliphatic carbocycles. The Kier molecular flexibility index (Phi) is 3.66. The molecule has 3 aliphatic rings. The van der Waals surface area contributed by atoms with Crippen molar-refractivity contribution in [1.82, 2.24) is 9.80 Å². The predicted molar refractivity (Wildman–Crippen MR) is 76.9 cm³/mol. The highest BCUT2D eigenvalue weighted by Crippen LogP contribution is 2.39. The Bertz CT molecular complexity index is 344. The second kappa shape index (κ2) is 5.28. The number of hydrogen-bond donors (Lipinski definition) is 0. The van der Waals surface area contributed by atoms with Crippen LogP contribution >= 0.6 is 0 Å². The Morgan fingerprint density at radius 2 is 1.37 bits per heavy atom. The maximum atomic E-state index is 12.4. The largest absolute Gasteiger partial charge is 0.330 e. The lowest BCUT2D eigenvalue weighted by Crippen LogP contribution is -2.69. The molecular formula is C16H26N2O. The van der Waals surface area contributed by atoms with Crippen LogP contribution in [0.15, 0.2) is 12.7 Å². The molecule has 4 unspecified atom stereocenters. The molecule has 19 heavy (non-hydrogen) atoms. The van der Waals surface area contributed by atoms with Crippen molar-refractivity contribution >= 4 is 5.91 Å². The zero-order chi connectivity index (χ0) is 13.4. The molecule has 0 aromatic heterocycles. The number of fused-ring (bicyclic) bond motifs is 2. The normalized spacial score (nSPS) is 39.3. The van der Waals surface area contributed by atoms with Crippen molar-refractivity contribution in [3.05, 3.63) is 12.7 Å². The van der Waals surface area contributed by atoms with Gasteiger partial charge < -0.3 is 4.90 Å². The first-order chi connectivity index (χ1) is 9.24. The number of piperazine rings is 1. The van der Waals surface area contributed by atoms with E-state index in [0.29, 0.717) is 24.2 Å². The molecule has 1 saturated heterocycles. The summed E-state index contributed by atoms with van der Waals surface area (Å²) in [6.45, 7) is 3.73. The van der Waals surface area contributed by atoms with Gasteiger partial charge in [0.25, 0.3) is 0 Å². The van der Waals surface area contributed by atoms with Crippen LogP contribution < -0.4 is 0 Å².